The van der Waals surface area contributed by atoms with Crippen LogP contribution >= 0.6 is 11.8 Å². The van der Waals surface area contributed by atoms with Crippen molar-refractivity contribution in [3.05, 3.63) is 35.2 Å². The van der Waals surface area contributed by atoms with Crippen LogP contribution in [0.1, 0.15) is 12.8 Å². The zero-order chi connectivity index (χ0) is 15.5. The lowest BCUT2D eigenvalue weighted by molar-refractivity contribution is -0.674. The lowest BCUT2D eigenvalue weighted by Gasteiger charge is -2.14. The molecule has 2 aromatic rings. The second kappa shape index (κ2) is 6.23. The molecule has 0 aliphatic carbocycles. The fourth-order valence-electron chi connectivity index (χ4n) is 2.37. The first-order chi connectivity index (χ1) is 10.7. The highest BCUT2D eigenvalue weighted by Crippen LogP contribution is 2.30. The molecule has 2 heterocycles. The number of thioether (sulfide) groups is 1. The van der Waals surface area contributed by atoms with Gasteiger partial charge in [0.15, 0.2) is 6.73 Å². The predicted molar refractivity (Wildman–Crippen MR) is 81.4 cm³/mol. The minimum absolute atomic E-state index is 0.0759. The summed E-state index contributed by atoms with van der Waals surface area (Å²) in [4.78, 5) is 23.6. The van der Waals surface area contributed by atoms with Crippen LogP contribution in [0, 0.1) is 0 Å². The molecule has 0 bridgehead atoms. The van der Waals surface area contributed by atoms with Gasteiger partial charge in [0.25, 0.3) is 12.0 Å². The standard InChI is InChI=1S/C15H15N2O4S/c1-2-16-11-5-3-4-6-12(11)21-14(16)7-15-17(9-20-10-18)13(19)8-22-15/h3-7,10H,2,8-9H2,1H3/q+1. The maximum absolute atomic E-state index is 11.8. The molecule has 7 heteroatoms. The largest absolute Gasteiger partial charge is 0.446 e. The summed E-state index contributed by atoms with van der Waals surface area (Å²) in [6, 6.07) is 7.77. The number of oxazole rings is 1. The first kappa shape index (κ1) is 14.6. The van der Waals surface area contributed by atoms with E-state index in [-0.39, 0.29) is 12.6 Å². The van der Waals surface area contributed by atoms with Crippen LogP contribution in [0.2, 0.25) is 0 Å². The molecule has 1 saturated heterocycles. The van der Waals surface area contributed by atoms with Crippen molar-refractivity contribution < 1.29 is 23.3 Å². The highest BCUT2D eigenvalue weighted by atomic mass is 32.2. The van der Waals surface area contributed by atoms with Crippen LogP contribution in [0.5, 0.6) is 0 Å². The second-order valence-corrected chi connectivity index (χ2v) is 5.63. The van der Waals surface area contributed by atoms with Gasteiger partial charge in [-0.2, -0.15) is 4.57 Å². The lowest BCUT2D eigenvalue weighted by atomic mass is 10.3. The van der Waals surface area contributed by atoms with Crippen molar-refractivity contribution in [1.82, 2.24) is 4.90 Å². The van der Waals surface area contributed by atoms with E-state index < -0.39 is 0 Å². The second-order valence-electron chi connectivity index (χ2n) is 4.64. The molecule has 1 aliphatic heterocycles. The van der Waals surface area contributed by atoms with E-state index in [1.807, 2.05) is 41.8 Å². The molecule has 0 N–H and O–H groups in total. The molecule has 1 amide bonds. The molecular weight excluding hydrogens is 304 g/mol. The van der Waals surface area contributed by atoms with Crippen LogP contribution in [0.3, 0.4) is 0 Å². The monoisotopic (exact) mass is 319 g/mol. The molecular formula is C15H15N2O4S+. The van der Waals surface area contributed by atoms with Crippen molar-refractivity contribution in [2.45, 2.75) is 13.5 Å². The van der Waals surface area contributed by atoms with Gasteiger partial charge in [0, 0.05) is 6.07 Å². The summed E-state index contributed by atoms with van der Waals surface area (Å²) in [5.74, 6) is 0.912. The van der Waals surface area contributed by atoms with Crippen LogP contribution in [-0.2, 0) is 20.9 Å². The number of hydrogen-bond donors (Lipinski definition) is 0. The van der Waals surface area contributed by atoms with E-state index in [1.54, 1.807) is 0 Å². The Morgan fingerprint density at radius 1 is 1.45 bits per heavy atom. The van der Waals surface area contributed by atoms with Gasteiger partial charge in [0.05, 0.1) is 16.9 Å². The zero-order valence-corrected chi connectivity index (χ0v) is 12.8. The first-order valence-corrected chi connectivity index (χ1v) is 7.84. The molecule has 3 rings (SSSR count). The Balaban J connectivity index is 2.00. The van der Waals surface area contributed by atoms with Crippen molar-refractivity contribution >= 4 is 41.3 Å². The van der Waals surface area contributed by atoms with Crippen LogP contribution in [-0.4, -0.2) is 29.8 Å². The number of benzene rings is 1. The van der Waals surface area contributed by atoms with Crippen LogP contribution in [0.4, 0.5) is 0 Å². The number of carbonyl (C=O) groups excluding carboxylic acids is 2. The molecule has 1 aliphatic rings. The Labute approximate surface area is 131 Å². The van der Waals surface area contributed by atoms with Gasteiger partial charge in [-0.1, -0.05) is 23.9 Å². The molecule has 0 saturated carbocycles. The molecule has 0 spiro atoms. The number of carbonyl (C=O) groups is 2. The molecule has 6 nitrogen and oxygen atoms in total. The van der Waals surface area contributed by atoms with Gasteiger partial charge < -0.3 is 9.15 Å². The summed E-state index contributed by atoms with van der Waals surface area (Å²) in [5, 5.41) is 0.716. The highest BCUT2D eigenvalue weighted by Gasteiger charge is 2.29. The fourth-order valence-corrected chi connectivity index (χ4v) is 3.29. The van der Waals surface area contributed by atoms with E-state index in [0.29, 0.717) is 23.1 Å². The third-order valence-electron chi connectivity index (χ3n) is 3.38. The summed E-state index contributed by atoms with van der Waals surface area (Å²) in [7, 11) is 0. The van der Waals surface area contributed by atoms with Crippen LogP contribution < -0.4 is 4.57 Å². The van der Waals surface area contributed by atoms with E-state index in [2.05, 4.69) is 0 Å². The number of fused-ring (bicyclic) bond motifs is 1. The van der Waals surface area contributed by atoms with Crippen molar-refractivity contribution in [3.8, 4) is 0 Å². The Kier molecular flexibility index (Phi) is 4.15. The Bertz CT molecular complexity index is 753. The topological polar surface area (TPSA) is 63.6 Å². The molecule has 0 radical (unpaired) electrons. The van der Waals surface area contributed by atoms with Gasteiger partial charge >= 0.3 is 5.89 Å². The quantitative estimate of drug-likeness (QED) is 0.620. The van der Waals surface area contributed by atoms with Gasteiger partial charge in [-0.25, -0.2) is 0 Å². The van der Waals surface area contributed by atoms with E-state index in [9.17, 15) is 9.59 Å². The molecule has 1 fully saturated rings. The lowest BCUT2D eigenvalue weighted by Crippen LogP contribution is -2.34. The van der Waals surface area contributed by atoms with Crippen molar-refractivity contribution in [1.29, 1.82) is 0 Å². The summed E-state index contributed by atoms with van der Waals surface area (Å²) in [5.41, 5.74) is 1.79. The maximum atomic E-state index is 11.8. The fraction of sp³-hybridized carbons (Fsp3) is 0.267. The number of aryl methyl sites for hydroxylation is 1. The summed E-state index contributed by atoms with van der Waals surface area (Å²) < 4.78 is 12.6. The smallest absolute Gasteiger partial charge is 0.376 e. The molecule has 22 heavy (non-hydrogen) atoms. The van der Waals surface area contributed by atoms with Crippen molar-refractivity contribution in [2.24, 2.45) is 0 Å². The molecule has 0 atom stereocenters. The van der Waals surface area contributed by atoms with E-state index in [4.69, 9.17) is 9.15 Å². The van der Waals surface area contributed by atoms with Gasteiger partial charge in [0.2, 0.25) is 11.5 Å². The maximum Gasteiger partial charge on any atom is 0.376 e. The predicted octanol–water partition coefficient (Wildman–Crippen LogP) is 1.74. The van der Waals surface area contributed by atoms with Gasteiger partial charge in [-0.3, -0.25) is 14.5 Å². The van der Waals surface area contributed by atoms with E-state index >= 15 is 0 Å². The van der Waals surface area contributed by atoms with Crippen LogP contribution in [0.25, 0.3) is 17.2 Å². The molecule has 0 unspecified atom stereocenters. The number of rotatable bonds is 5. The number of hydrogen-bond acceptors (Lipinski definition) is 5. The third-order valence-corrected chi connectivity index (χ3v) is 4.41. The molecule has 114 valence electrons. The van der Waals surface area contributed by atoms with Crippen LogP contribution in [0.15, 0.2) is 33.7 Å². The average molecular weight is 319 g/mol. The number of ether oxygens (including phenoxy) is 1. The average Bonchev–Trinajstić information content (AvgIpc) is 3.06. The SMILES string of the molecule is CC[n+]1c(/C=C2\SCC(=O)N2COC=O)oc2ccccc21. The number of aromatic nitrogens is 1. The number of amides is 1. The number of nitrogens with zero attached hydrogens (tertiary/aromatic N) is 2. The van der Waals surface area contributed by atoms with Crippen molar-refractivity contribution in [2.75, 3.05) is 12.5 Å². The highest BCUT2D eigenvalue weighted by molar-refractivity contribution is 8.04. The Hall–Kier alpha value is -2.28. The molecule has 1 aromatic heterocycles. The molecule has 1 aromatic carbocycles. The van der Waals surface area contributed by atoms with Gasteiger partial charge in [-0.05, 0) is 13.0 Å². The first-order valence-electron chi connectivity index (χ1n) is 6.86. The summed E-state index contributed by atoms with van der Waals surface area (Å²) in [6.07, 6.45) is 1.81. The van der Waals surface area contributed by atoms with E-state index in [0.717, 1.165) is 17.6 Å². The Morgan fingerprint density at radius 3 is 3.05 bits per heavy atom. The zero-order valence-electron chi connectivity index (χ0n) is 12.0. The summed E-state index contributed by atoms with van der Waals surface area (Å²) >= 11 is 1.40. The summed E-state index contributed by atoms with van der Waals surface area (Å²) in [6.45, 7) is 3.04. The minimum atomic E-state index is -0.0859. The third kappa shape index (κ3) is 2.59. The normalized spacial score (nSPS) is 16.7. The minimum Gasteiger partial charge on any atom is -0.446 e. The van der Waals surface area contributed by atoms with Crippen molar-refractivity contribution in [3.63, 3.8) is 0 Å². The van der Waals surface area contributed by atoms with Gasteiger partial charge in [0.1, 0.15) is 6.54 Å². The van der Waals surface area contributed by atoms with Gasteiger partial charge in [-0.15, -0.1) is 0 Å². The Morgan fingerprint density at radius 2 is 2.27 bits per heavy atom. The number of para-hydroxylation sites is 2. The van der Waals surface area contributed by atoms with E-state index in [1.165, 1.54) is 16.7 Å².